The number of carbonyl (C=O) groups excluding carboxylic acids is 1. The summed E-state index contributed by atoms with van der Waals surface area (Å²) < 4.78 is 0. The van der Waals surface area contributed by atoms with Gasteiger partial charge < -0.3 is 4.90 Å². The molecule has 0 aliphatic heterocycles. The van der Waals surface area contributed by atoms with Gasteiger partial charge in [-0.25, -0.2) is 0 Å². The van der Waals surface area contributed by atoms with E-state index in [0.29, 0.717) is 0 Å². The number of carbonyl (C=O) groups is 1. The average Bonchev–Trinajstić information content (AvgIpc) is 2.65. The zero-order chi connectivity index (χ0) is 12.1. The van der Waals surface area contributed by atoms with Crippen LogP contribution in [0.15, 0.2) is 12.1 Å². The Morgan fingerprint density at radius 2 is 2.12 bits per heavy atom. The minimum Gasteiger partial charge on any atom is -0.304 e. The summed E-state index contributed by atoms with van der Waals surface area (Å²) in [6, 6.07) is 4.13. The summed E-state index contributed by atoms with van der Waals surface area (Å²) in [7, 11) is 0. The lowest BCUT2D eigenvalue weighted by molar-refractivity contribution is -0.121. The predicted octanol–water partition coefficient (Wildman–Crippen LogP) is 3.85. The zero-order valence-corrected chi connectivity index (χ0v) is 11.4. The molecule has 0 aliphatic carbocycles. The van der Waals surface area contributed by atoms with Crippen LogP contribution in [0.25, 0.3) is 0 Å². The largest absolute Gasteiger partial charge is 0.304 e. The topological polar surface area (TPSA) is 20.3 Å². The van der Waals surface area contributed by atoms with Gasteiger partial charge in [-0.1, -0.05) is 27.2 Å². The van der Waals surface area contributed by atoms with Crippen LogP contribution in [0.3, 0.4) is 0 Å². The number of aryl methyl sites for hydroxylation is 1. The minimum atomic E-state index is 0.0688. The van der Waals surface area contributed by atoms with Crippen LogP contribution < -0.4 is 4.90 Å². The summed E-state index contributed by atoms with van der Waals surface area (Å²) in [5.74, 6) is 0.301. The average molecular weight is 239 g/mol. The van der Waals surface area contributed by atoms with Gasteiger partial charge in [-0.05, 0) is 25.5 Å². The SMILES string of the molecule is CCCCN(C(=O)C(C)C)c1ccc(C)s1. The molecule has 0 radical (unpaired) electrons. The van der Waals surface area contributed by atoms with Crippen molar-refractivity contribution in [1.82, 2.24) is 0 Å². The predicted molar refractivity (Wildman–Crippen MR) is 71.2 cm³/mol. The van der Waals surface area contributed by atoms with Crippen LogP contribution in [0.5, 0.6) is 0 Å². The van der Waals surface area contributed by atoms with Crippen LogP contribution in [0, 0.1) is 12.8 Å². The lowest BCUT2D eigenvalue weighted by Gasteiger charge is -2.22. The molecule has 3 heteroatoms. The van der Waals surface area contributed by atoms with Gasteiger partial charge in [0, 0.05) is 17.3 Å². The molecule has 2 nitrogen and oxygen atoms in total. The maximum absolute atomic E-state index is 12.1. The molecular formula is C13H21NOS. The number of thiophene rings is 1. The molecule has 1 aromatic rings. The number of hydrogen-bond acceptors (Lipinski definition) is 2. The summed E-state index contributed by atoms with van der Waals surface area (Å²) in [6.45, 7) is 8.99. The fourth-order valence-corrected chi connectivity index (χ4v) is 2.42. The van der Waals surface area contributed by atoms with E-state index in [1.54, 1.807) is 11.3 Å². The molecule has 0 saturated carbocycles. The third-order valence-electron chi connectivity index (χ3n) is 2.49. The Kier molecular flexibility index (Phi) is 5.00. The van der Waals surface area contributed by atoms with Crippen molar-refractivity contribution >= 4 is 22.2 Å². The number of unbranched alkanes of at least 4 members (excludes halogenated alkanes) is 1. The van der Waals surface area contributed by atoms with Crippen molar-refractivity contribution in [1.29, 1.82) is 0 Å². The Hall–Kier alpha value is -0.830. The first-order valence-corrected chi connectivity index (χ1v) is 6.75. The van der Waals surface area contributed by atoms with Crippen LogP contribution in [-0.4, -0.2) is 12.5 Å². The molecule has 0 spiro atoms. The Labute approximate surface area is 102 Å². The minimum absolute atomic E-state index is 0.0688. The van der Waals surface area contributed by atoms with E-state index in [-0.39, 0.29) is 11.8 Å². The highest BCUT2D eigenvalue weighted by Gasteiger charge is 2.19. The van der Waals surface area contributed by atoms with Gasteiger partial charge in [0.1, 0.15) is 0 Å². The van der Waals surface area contributed by atoms with E-state index >= 15 is 0 Å². The molecule has 0 atom stereocenters. The Bertz CT molecular complexity index is 343. The van der Waals surface area contributed by atoms with Crippen molar-refractivity contribution in [3.63, 3.8) is 0 Å². The quantitative estimate of drug-likeness (QED) is 0.764. The molecular weight excluding hydrogens is 218 g/mol. The van der Waals surface area contributed by atoms with E-state index in [1.807, 2.05) is 18.7 Å². The summed E-state index contributed by atoms with van der Waals surface area (Å²) in [6.07, 6.45) is 2.18. The highest BCUT2D eigenvalue weighted by Crippen LogP contribution is 2.27. The van der Waals surface area contributed by atoms with E-state index in [0.717, 1.165) is 24.4 Å². The molecule has 0 saturated heterocycles. The molecule has 0 fully saturated rings. The van der Waals surface area contributed by atoms with Gasteiger partial charge in [0.25, 0.3) is 0 Å². The van der Waals surface area contributed by atoms with E-state index in [1.165, 1.54) is 4.88 Å². The molecule has 1 aromatic heterocycles. The number of hydrogen-bond donors (Lipinski definition) is 0. The van der Waals surface area contributed by atoms with Gasteiger partial charge in [0.05, 0.1) is 5.00 Å². The van der Waals surface area contributed by atoms with Crippen molar-refractivity contribution in [2.45, 2.75) is 40.5 Å². The molecule has 1 amide bonds. The first-order chi connectivity index (χ1) is 7.56. The highest BCUT2D eigenvalue weighted by molar-refractivity contribution is 7.16. The van der Waals surface area contributed by atoms with E-state index in [2.05, 4.69) is 26.0 Å². The third-order valence-corrected chi connectivity index (χ3v) is 3.51. The van der Waals surface area contributed by atoms with Gasteiger partial charge in [-0.15, -0.1) is 11.3 Å². The molecule has 0 N–H and O–H groups in total. The lowest BCUT2D eigenvalue weighted by Crippen LogP contribution is -2.34. The van der Waals surface area contributed by atoms with Gasteiger partial charge >= 0.3 is 0 Å². The van der Waals surface area contributed by atoms with Crippen LogP contribution in [0.4, 0.5) is 5.00 Å². The molecule has 0 aliphatic rings. The van der Waals surface area contributed by atoms with E-state index in [4.69, 9.17) is 0 Å². The van der Waals surface area contributed by atoms with Crippen molar-refractivity contribution in [2.75, 3.05) is 11.4 Å². The van der Waals surface area contributed by atoms with Gasteiger partial charge in [-0.3, -0.25) is 4.79 Å². The Morgan fingerprint density at radius 3 is 2.56 bits per heavy atom. The highest BCUT2D eigenvalue weighted by atomic mass is 32.1. The number of amides is 1. The maximum atomic E-state index is 12.1. The lowest BCUT2D eigenvalue weighted by atomic mass is 10.2. The van der Waals surface area contributed by atoms with Crippen molar-refractivity contribution in [2.24, 2.45) is 5.92 Å². The summed E-state index contributed by atoms with van der Waals surface area (Å²) in [5, 5.41) is 1.09. The van der Waals surface area contributed by atoms with Crippen LogP contribution in [-0.2, 0) is 4.79 Å². The second-order valence-electron chi connectivity index (χ2n) is 4.38. The first kappa shape index (κ1) is 13.2. The summed E-state index contributed by atoms with van der Waals surface area (Å²) >= 11 is 1.70. The first-order valence-electron chi connectivity index (χ1n) is 5.94. The number of rotatable bonds is 5. The molecule has 16 heavy (non-hydrogen) atoms. The van der Waals surface area contributed by atoms with Crippen molar-refractivity contribution in [3.8, 4) is 0 Å². The molecule has 0 bridgehead atoms. The second kappa shape index (κ2) is 6.04. The molecule has 0 aromatic carbocycles. The third kappa shape index (κ3) is 3.34. The molecule has 0 unspecified atom stereocenters. The normalized spacial score (nSPS) is 10.8. The zero-order valence-electron chi connectivity index (χ0n) is 10.6. The fraction of sp³-hybridized carbons (Fsp3) is 0.615. The van der Waals surface area contributed by atoms with E-state index < -0.39 is 0 Å². The van der Waals surface area contributed by atoms with Gasteiger partial charge in [0.15, 0.2) is 0 Å². The van der Waals surface area contributed by atoms with Crippen molar-refractivity contribution in [3.05, 3.63) is 17.0 Å². The number of nitrogens with zero attached hydrogens (tertiary/aromatic N) is 1. The molecule has 90 valence electrons. The van der Waals surface area contributed by atoms with Gasteiger partial charge in [-0.2, -0.15) is 0 Å². The second-order valence-corrected chi connectivity index (χ2v) is 5.65. The van der Waals surface area contributed by atoms with Crippen molar-refractivity contribution < 1.29 is 4.79 Å². The monoisotopic (exact) mass is 239 g/mol. The fourth-order valence-electron chi connectivity index (χ4n) is 1.52. The smallest absolute Gasteiger partial charge is 0.230 e. The van der Waals surface area contributed by atoms with Crippen LogP contribution in [0.2, 0.25) is 0 Å². The Morgan fingerprint density at radius 1 is 1.44 bits per heavy atom. The van der Waals surface area contributed by atoms with Crippen LogP contribution in [0.1, 0.15) is 38.5 Å². The van der Waals surface area contributed by atoms with Gasteiger partial charge in [0.2, 0.25) is 5.91 Å². The van der Waals surface area contributed by atoms with E-state index in [9.17, 15) is 4.79 Å². The summed E-state index contributed by atoms with van der Waals surface area (Å²) in [4.78, 5) is 15.3. The summed E-state index contributed by atoms with van der Waals surface area (Å²) in [5.41, 5.74) is 0. The molecule has 1 heterocycles. The maximum Gasteiger partial charge on any atom is 0.230 e. The molecule has 1 rings (SSSR count). The standard InChI is InChI=1S/C13H21NOS/c1-5-6-9-14(13(15)10(2)3)12-8-7-11(4)16-12/h7-8,10H,5-6,9H2,1-4H3. The number of anilines is 1. The Balaban J connectivity index is 2.82. The van der Waals surface area contributed by atoms with Crippen LogP contribution >= 0.6 is 11.3 Å².